The average molecular weight is 991 g/mol. The Hall–Kier alpha value is -4.82. The van der Waals surface area contributed by atoms with Gasteiger partial charge < -0.3 is 24.6 Å². The van der Waals surface area contributed by atoms with Crippen molar-refractivity contribution in [1.82, 2.24) is 9.80 Å². The van der Waals surface area contributed by atoms with Crippen LogP contribution >= 0.6 is 39.1 Å². The van der Waals surface area contributed by atoms with Gasteiger partial charge in [0.25, 0.3) is 0 Å². The van der Waals surface area contributed by atoms with Crippen LogP contribution in [0.4, 0.5) is 29.7 Å². The SMILES string of the molecule is COC(=O)c1ccc(CBr)c(F)c1.COC(=O)c1ccc(CN(C(=O)N2CCS(=O)(=O)CC2)c2ccc(Cl)cc2)c(F)c1.O=C(Nc1ccc(Cl)cc1)N1CCS(=O)(=O)CC1. The van der Waals surface area contributed by atoms with Crippen molar-refractivity contribution in [2.75, 3.05) is 73.6 Å². The fourth-order valence-electron chi connectivity index (χ4n) is 5.61. The molecule has 2 fully saturated rings. The minimum absolute atomic E-state index is 0.0288. The molecule has 0 saturated carbocycles. The van der Waals surface area contributed by atoms with Crippen LogP contribution in [0.25, 0.3) is 0 Å². The lowest BCUT2D eigenvalue weighted by atomic mass is 10.1. The van der Waals surface area contributed by atoms with Crippen LogP contribution in [0, 0.1) is 11.6 Å². The van der Waals surface area contributed by atoms with Crippen LogP contribution < -0.4 is 10.2 Å². The van der Waals surface area contributed by atoms with Crippen molar-refractivity contribution in [2.24, 2.45) is 0 Å². The number of nitrogens with zero attached hydrogens (tertiary/aromatic N) is 3. The van der Waals surface area contributed by atoms with E-state index in [0.29, 0.717) is 32.3 Å². The second-order valence-corrected chi connectivity index (χ2v) is 19.3. The molecule has 0 aliphatic carbocycles. The number of hydrogen-bond acceptors (Lipinski definition) is 10. The van der Waals surface area contributed by atoms with Crippen molar-refractivity contribution in [1.29, 1.82) is 0 Å². The molecule has 4 aromatic carbocycles. The lowest BCUT2D eigenvalue weighted by Gasteiger charge is -2.33. The summed E-state index contributed by atoms with van der Waals surface area (Å²) in [5.41, 5.74) is 2.12. The zero-order valence-corrected chi connectivity index (χ0v) is 37.5. The Labute approximate surface area is 370 Å². The third kappa shape index (κ3) is 14.7. The number of amides is 4. The van der Waals surface area contributed by atoms with E-state index in [2.05, 4.69) is 30.7 Å². The maximum atomic E-state index is 14.6. The molecule has 1 N–H and O–H groups in total. The second-order valence-electron chi connectivity index (χ2n) is 13.3. The van der Waals surface area contributed by atoms with Gasteiger partial charge in [-0.05, 0) is 78.4 Å². The number of nitrogens with one attached hydrogen (secondary N) is 1. The number of carbonyl (C=O) groups excluding carboxylic acids is 4. The van der Waals surface area contributed by atoms with Crippen molar-refractivity contribution in [3.63, 3.8) is 0 Å². The molecule has 21 heteroatoms. The highest BCUT2D eigenvalue weighted by molar-refractivity contribution is 9.08. The van der Waals surface area contributed by atoms with Crippen molar-refractivity contribution >= 4 is 94.2 Å². The van der Waals surface area contributed by atoms with Crippen LogP contribution in [-0.4, -0.2) is 114 Å². The molecule has 0 atom stereocenters. The monoisotopic (exact) mass is 988 g/mol. The zero-order chi connectivity index (χ0) is 44.9. The van der Waals surface area contributed by atoms with E-state index in [1.54, 1.807) is 54.6 Å². The molecule has 2 aliphatic rings. The van der Waals surface area contributed by atoms with E-state index in [1.165, 1.54) is 53.2 Å². The molecule has 61 heavy (non-hydrogen) atoms. The molecule has 328 valence electrons. The van der Waals surface area contributed by atoms with Crippen LogP contribution in [-0.2, 0) is 41.0 Å². The molecule has 0 radical (unpaired) electrons. The number of rotatable bonds is 7. The quantitative estimate of drug-likeness (QED) is 0.147. The third-order valence-corrected chi connectivity index (χ3v) is 13.5. The van der Waals surface area contributed by atoms with Crippen LogP contribution in [0.1, 0.15) is 31.8 Å². The maximum Gasteiger partial charge on any atom is 0.337 e. The Morgan fingerprint density at radius 3 is 1.52 bits per heavy atom. The van der Waals surface area contributed by atoms with E-state index < -0.39 is 49.3 Å². The molecule has 14 nitrogen and oxygen atoms in total. The first kappa shape index (κ1) is 48.8. The minimum atomic E-state index is -3.16. The van der Waals surface area contributed by atoms with Crippen molar-refractivity contribution in [2.45, 2.75) is 11.9 Å². The van der Waals surface area contributed by atoms with Crippen molar-refractivity contribution in [3.8, 4) is 0 Å². The number of urea groups is 2. The summed E-state index contributed by atoms with van der Waals surface area (Å²) in [5, 5.41) is 4.20. The number of anilines is 2. The predicted molar refractivity (Wildman–Crippen MR) is 232 cm³/mol. The molecule has 4 aromatic rings. The van der Waals surface area contributed by atoms with Gasteiger partial charge in [0.1, 0.15) is 11.6 Å². The molecule has 4 amide bonds. The van der Waals surface area contributed by atoms with E-state index in [-0.39, 0.29) is 78.5 Å². The van der Waals surface area contributed by atoms with Gasteiger partial charge in [-0.25, -0.2) is 44.8 Å². The summed E-state index contributed by atoms with van der Waals surface area (Å²) >= 11 is 14.8. The summed E-state index contributed by atoms with van der Waals surface area (Å²) in [5.74, 6) is -2.43. The number of alkyl halides is 1. The Morgan fingerprint density at radius 2 is 1.10 bits per heavy atom. The van der Waals surface area contributed by atoms with E-state index in [1.807, 2.05) is 0 Å². The zero-order valence-electron chi connectivity index (χ0n) is 32.8. The summed E-state index contributed by atoms with van der Waals surface area (Å²) in [6.07, 6.45) is 0. The Bertz CT molecular complexity index is 2400. The summed E-state index contributed by atoms with van der Waals surface area (Å²) in [7, 11) is -3.66. The molecule has 0 spiro atoms. The number of hydrogen-bond donors (Lipinski definition) is 1. The Balaban J connectivity index is 0.000000223. The van der Waals surface area contributed by atoms with Gasteiger partial charge in [0.2, 0.25) is 0 Å². The fourth-order valence-corrected chi connectivity index (χ4v) is 8.72. The summed E-state index contributed by atoms with van der Waals surface area (Å²) in [4.78, 5) is 51.8. The molecule has 2 heterocycles. The summed E-state index contributed by atoms with van der Waals surface area (Å²) in [6, 6.07) is 20.6. The van der Waals surface area contributed by atoms with Crippen LogP contribution in [0.15, 0.2) is 84.9 Å². The smallest absolute Gasteiger partial charge is 0.337 e. The lowest BCUT2D eigenvalue weighted by molar-refractivity contribution is 0.0591. The average Bonchev–Trinajstić information content (AvgIpc) is 3.24. The number of benzene rings is 4. The lowest BCUT2D eigenvalue weighted by Crippen LogP contribution is -2.49. The number of ether oxygens (including phenoxy) is 2. The molecule has 2 saturated heterocycles. The number of halogens is 5. The van der Waals surface area contributed by atoms with Gasteiger partial charge in [-0.15, -0.1) is 0 Å². The van der Waals surface area contributed by atoms with Crippen molar-refractivity contribution in [3.05, 3.63) is 129 Å². The van der Waals surface area contributed by atoms with Crippen molar-refractivity contribution < 1.29 is 54.3 Å². The number of methoxy groups -OCH3 is 2. The maximum absolute atomic E-state index is 14.6. The van der Waals surface area contributed by atoms with Gasteiger partial charge in [0, 0.05) is 58.5 Å². The molecular formula is C40H41BrCl2F2N4O10S2. The Kier molecular flexibility index (Phi) is 17.9. The molecule has 2 aliphatic heterocycles. The van der Waals surface area contributed by atoms with E-state index in [4.69, 9.17) is 23.2 Å². The van der Waals surface area contributed by atoms with Crippen LogP contribution in [0.5, 0.6) is 0 Å². The Morgan fingerprint density at radius 1 is 0.672 bits per heavy atom. The molecular weight excluding hydrogens is 949 g/mol. The highest BCUT2D eigenvalue weighted by Crippen LogP contribution is 2.24. The number of esters is 2. The first-order chi connectivity index (χ1) is 28.8. The van der Waals surface area contributed by atoms with E-state index >= 15 is 0 Å². The largest absolute Gasteiger partial charge is 0.465 e. The van der Waals surface area contributed by atoms with Gasteiger partial charge in [-0.2, -0.15) is 0 Å². The normalized spacial score (nSPS) is 15.1. The van der Waals surface area contributed by atoms with Gasteiger partial charge in [0.05, 0.1) is 54.9 Å². The first-order valence-corrected chi connectivity index (χ1v) is 23.7. The van der Waals surface area contributed by atoms with E-state index in [0.717, 1.165) is 6.07 Å². The molecule has 6 rings (SSSR count). The second kappa shape index (κ2) is 22.3. The van der Waals surface area contributed by atoms with Gasteiger partial charge >= 0.3 is 24.0 Å². The topological polar surface area (TPSA) is 177 Å². The first-order valence-electron chi connectivity index (χ1n) is 18.2. The van der Waals surface area contributed by atoms with Crippen LogP contribution in [0.3, 0.4) is 0 Å². The fraction of sp³-hybridized carbons (Fsp3) is 0.300. The highest BCUT2D eigenvalue weighted by atomic mass is 79.9. The minimum Gasteiger partial charge on any atom is -0.465 e. The number of sulfone groups is 2. The van der Waals surface area contributed by atoms with Crippen LogP contribution in [0.2, 0.25) is 10.0 Å². The van der Waals surface area contributed by atoms with Gasteiger partial charge in [-0.1, -0.05) is 51.3 Å². The van der Waals surface area contributed by atoms with Gasteiger partial charge in [-0.3, -0.25) is 4.90 Å². The highest BCUT2D eigenvalue weighted by Gasteiger charge is 2.30. The van der Waals surface area contributed by atoms with Gasteiger partial charge in [0.15, 0.2) is 19.7 Å². The van der Waals surface area contributed by atoms with E-state index in [9.17, 15) is 44.8 Å². The predicted octanol–water partition coefficient (Wildman–Crippen LogP) is 7.23. The molecule has 0 unspecified atom stereocenters. The number of carbonyl (C=O) groups is 4. The summed E-state index contributed by atoms with van der Waals surface area (Å²) in [6.45, 7) is 0.491. The molecule has 0 aromatic heterocycles. The molecule has 0 bridgehead atoms. The third-order valence-electron chi connectivity index (χ3n) is 9.13. The standard InChI is InChI=1S/C20H20ClFN2O5S.C11H13ClN2O3S.C9H8BrFO2/c1-29-19(25)14-2-3-15(18(22)12-14)13-24(17-6-4-16(21)5-7-17)20(26)23-8-10-30(27,28)11-9-23;12-9-1-3-10(4-2-9)13-11(15)14-5-7-18(16,17)8-6-14;1-13-9(12)6-2-3-7(5-10)8(11)4-6/h2-7,12H,8-11,13H2,1H3;1-4H,5-8H2,(H,13,15);2-4H,5H2,1H3. The summed E-state index contributed by atoms with van der Waals surface area (Å²) < 4.78 is 82.6.